The molecule has 144 valence electrons. The van der Waals surface area contributed by atoms with Crippen molar-refractivity contribution in [2.24, 2.45) is 10.9 Å². The average Bonchev–Trinajstić information content (AvgIpc) is 3.30. The van der Waals surface area contributed by atoms with Gasteiger partial charge in [0.05, 0.1) is 13.2 Å². The summed E-state index contributed by atoms with van der Waals surface area (Å²) in [6, 6.07) is 7.07. The van der Waals surface area contributed by atoms with Gasteiger partial charge in [-0.25, -0.2) is 4.39 Å². The standard InChI is InChI=1S/C21H32FN3O/c1-3-23-20(25-13-10-17(14-25)15-26-2)24-16-21(11-4-5-12-21)18-6-8-19(22)9-7-18/h6-9,17H,3-5,10-16H2,1-2H3,(H,23,24). The molecule has 4 nitrogen and oxygen atoms in total. The van der Waals surface area contributed by atoms with E-state index in [1.165, 1.54) is 18.4 Å². The van der Waals surface area contributed by atoms with Gasteiger partial charge < -0.3 is 15.0 Å². The third-order valence-electron chi connectivity index (χ3n) is 5.87. The topological polar surface area (TPSA) is 36.9 Å². The maximum Gasteiger partial charge on any atom is 0.193 e. The summed E-state index contributed by atoms with van der Waals surface area (Å²) >= 11 is 0. The Hall–Kier alpha value is -1.62. The van der Waals surface area contributed by atoms with Gasteiger partial charge in [-0.1, -0.05) is 25.0 Å². The summed E-state index contributed by atoms with van der Waals surface area (Å²) in [6.07, 6.45) is 5.87. The first-order chi connectivity index (χ1) is 12.7. The number of guanidine groups is 1. The molecule has 0 amide bonds. The summed E-state index contributed by atoms with van der Waals surface area (Å²) in [7, 11) is 1.77. The van der Waals surface area contributed by atoms with E-state index in [1.54, 1.807) is 19.2 Å². The van der Waals surface area contributed by atoms with E-state index in [1.807, 2.05) is 12.1 Å². The second-order valence-corrected chi connectivity index (χ2v) is 7.72. The van der Waals surface area contributed by atoms with Crippen molar-refractivity contribution in [1.82, 2.24) is 10.2 Å². The van der Waals surface area contributed by atoms with Crippen LogP contribution in [0.25, 0.3) is 0 Å². The van der Waals surface area contributed by atoms with Crippen LogP contribution < -0.4 is 5.32 Å². The Morgan fingerprint density at radius 3 is 2.69 bits per heavy atom. The van der Waals surface area contributed by atoms with Crippen LogP contribution in [0.2, 0.25) is 0 Å². The van der Waals surface area contributed by atoms with Crippen molar-refractivity contribution in [2.75, 3.05) is 39.9 Å². The summed E-state index contributed by atoms with van der Waals surface area (Å²) in [4.78, 5) is 7.40. The Kier molecular flexibility index (Phi) is 6.52. The first-order valence-electron chi connectivity index (χ1n) is 9.95. The lowest BCUT2D eigenvalue weighted by atomic mass is 9.79. The maximum absolute atomic E-state index is 13.4. The minimum absolute atomic E-state index is 0.0556. The Labute approximate surface area is 156 Å². The van der Waals surface area contributed by atoms with Gasteiger partial charge in [-0.3, -0.25) is 4.99 Å². The van der Waals surface area contributed by atoms with Gasteiger partial charge in [0, 0.05) is 38.1 Å². The maximum atomic E-state index is 13.4. The summed E-state index contributed by atoms with van der Waals surface area (Å²) in [6.45, 7) is 6.60. The van der Waals surface area contributed by atoms with Crippen molar-refractivity contribution in [3.63, 3.8) is 0 Å². The molecule has 1 atom stereocenters. The van der Waals surface area contributed by atoms with Gasteiger partial charge in [-0.15, -0.1) is 0 Å². The molecule has 1 unspecified atom stereocenters. The number of ether oxygens (including phenoxy) is 1. The van der Waals surface area contributed by atoms with Crippen molar-refractivity contribution in [3.8, 4) is 0 Å². The van der Waals surface area contributed by atoms with Crippen LogP contribution in [0.3, 0.4) is 0 Å². The largest absolute Gasteiger partial charge is 0.384 e. The van der Waals surface area contributed by atoms with Gasteiger partial charge in [0.25, 0.3) is 0 Å². The Balaban J connectivity index is 1.75. The Morgan fingerprint density at radius 1 is 1.31 bits per heavy atom. The highest BCUT2D eigenvalue weighted by Crippen LogP contribution is 2.41. The van der Waals surface area contributed by atoms with E-state index in [9.17, 15) is 4.39 Å². The third kappa shape index (κ3) is 4.37. The highest BCUT2D eigenvalue weighted by Gasteiger charge is 2.36. The summed E-state index contributed by atoms with van der Waals surface area (Å²) in [5.74, 6) is 1.43. The number of methoxy groups -OCH3 is 1. The number of likely N-dealkylation sites (tertiary alicyclic amines) is 1. The number of aliphatic imine (C=N–C) groups is 1. The molecule has 0 spiro atoms. The monoisotopic (exact) mass is 361 g/mol. The van der Waals surface area contributed by atoms with E-state index in [0.29, 0.717) is 5.92 Å². The molecule has 1 aromatic carbocycles. The van der Waals surface area contributed by atoms with Crippen LogP contribution in [0, 0.1) is 11.7 Å². The minimum atomic E-state index is -0.167. The number of hydrogen-bond acceptors (Lipinski definition) is 2. The number of nitrogens with one attached hydrogen (secondary N) is 1. The zero-order valence-corrected chi connectivity index (χ0v) is 16.1. The predicted octanol–water partition coefficient (Wildman–Crippen LogP) is 3.57. The van der Waals surface area contributed by atoms with Crippen molar-refractivity contribution in [1.29, 1.82) is 0 Å². The number of nitrogens with zero attached hydrogens (tertiary/aromatic N) is 2. The van der Waals surface area contributed by atoms with Crippen molar-refractivity contribution in [3.05, 3.63) is 35.6 Å². The Morgan fingerprint density at radius 2 is 2.04 bits per heavy atom. The fourth-order valence-corrected chi connectivity index (χ4v) is 4.44. The Bertz CT molecular complexity index is 596. The van der Waals surface area contributed by atoms with Gasteiger partial charge in [0.1, 0.15) is 5.82 Å². The zero-order chi connectivity index (χ0) is 18.4. The lowest BCUT2D eigenvalue weighted by molar-refractivity contribution is 0.157. The van der Waals surface area contributed by atoms with E-state index in [2.05, 4.69) is 17.1 Å². The molecule has 2 aliphatic rings. The van der Waals surface area contributed by atoms with Crippen LogP contribution in [0.5, 0.6) is 0 Å². The molecule has 0 bridgehead atoms. The summed E-state index contributed by atoms with van der Waals surface area (Å²) < 4.78 is 18.7. The van der Waals surface area contributed by atoms with Gasteiger partial charge in [0.15, 0.2) is 5.96 Å². The van der Waals surface area contributed by atoms with E-state index in [4.69, 9.17) is 9.73 Å². The summed E-state index contributed by atoms with van der Waals surface area (Å²) in [5.41, 5.74) is 1.29. The minimum Gasteiger partial charge on any atom is -0.384 e. The summed E-state index contributed by atoms with van der Waals surface area (Å²) in [5, 5.41) is 3.46. The van der Waals surface area contributed by atoms with Gasteiger partial charge in [-0.05, 0) is 43.9 Å². The lowest BCUT2D eigenvalue weighted by Gasteiger charge is -2.29. The molecule has 1 heterocycles. The van der Waals surface area contributed by atoms with Crippen LogP contribution in [-0.2, 0) is 10.2 Å². The SMILES string of the molecule is CCNC(=NCC1(c2ccc(F)cc2)CCCC1)N1CCC(COC)C1. The van der Waals surface area contributed by atoms with Crippen LogP contribution in [-0.4, -0.2) is 50.8 Å². The second kappa shape index (κ2) is 8.85. The highest BCUT2D eigenvalue weighted by atomic mass is 19.1. The molecule has 1 aromatic rings. The lowest BCUT2D eigenvalue weighted by Crippen LogP contribution is -2.41. The molecule has 2 fully saturated rings. The number of benzene rings is 1. The molecule has 1 aliphatic carbocycles. The molecule has 1 N–H and O–H groups in total. The van der Waals surface area contributed by atoms with Gasteiger partial charge in [0.2, 0.25) is 0 Å². The molecule has 1 aliphatic heterocycles. The fraction of sp³-hybridized carbons (Fsp3) is 0.667. The average molecular weight is 362 g/mol. The molecule has 5 heteroatoms. The molecule has 26 heavy (non-hydrogen) atoms. The molecule has 0 aromatic heterocycles. The molecule has 1 saturated carbocycles. The zero-order valence-electron chi connectivity index (χ0n) is 16.1. The van der Waals surface area contributed by atoms with Crippen molar-refractivity contribution >= 4 is 5.96 Å². The quantitative estimate of drug-likeness (QED) is 0.622. The van der Waals surface area contributed by atoms with Crippen molar-refractivity contribution in [2.45, 2.75) is 44.4 Å². The van der Waals surface area contributed by atoms with E-state index in [-0.39, 0.29) is 11.2 Å². The first kappa shape index (κ1) is 19.2. The highest BCUT2D eigenvalue weighted by molar-refractivity contribution is 5.80. The fourth-order valence-electron chi connectivity index (χ4n) is 4.44. The molecular formula is C21H32FN3O. The van der Waals surface area contributed by atoms with Crippen molar-refractivity contribution < 1.29 is 9.13 Å². The van der Waals surface area contributed by atoms with Crippen LogP contribution in [0.4, 0.5) is 4.39 Å². The van der Waals surface area contributed by atoms with Crippen LogP contribution in [0.15, 0.2) is 29.3 Å². The van der Waals surface area contributed by atoms with E-state index < -0.39 is 0 Å². The first-order valence-corrected chi connectivity index (χ1v) is 9.95. The number of halogens is 1. The van der Waals surface area contributed by atoms with Crippen LogP contribution in [0.1, 0.15) is 44.6 Å². The van der Waals surface area contributed by atoms with E-state index in [0.717, 1.165) is 58.0 Å². The van der Waals surface area contributed by atoms with Crippen LogP contribution >= 0.6 is 0 Å². The smallest absolute Gasteiger partial charge is 0.193 e. The van der Waals surface area contributed by atoms with Gasteiger partial charge >= 0.3 is 0 Å². The molecule has 1 saturated heterocycles. The molecular weight excluding hydrogens is 329 g/mol. The second-order valence-electron chi connectivity index (χ2n) is 7.72. The third-order valence-corrected chi connectivity index (χ3v) is 5.87. The van der Waals surface area contributed by atoms with E-state index >= 15 is 0 Å². The normalized spacial score (nSPS) is 22.8. The number of rotatable bonds is 6. The number of hydrogen-bond donors (Lipinski definition) is 1. The predicted molar refractivity (Wildman–Crippen MR) is 104 cm³/mol. The molecule has 0 radical (unpaired) electrons. The molecule has 3 rings (SSSR count). The van der Waals surface area contributed by atoms with Gasteiger partial charge in [-0.2, -0.15) is 0 Å².